The molecule has 0 unspecified atom stereocenters. The Hall–Kier alpha value is -1.72. The second-order valence-corrected chi connectivity index (χ2v) is 4.81. The van der Waals surface area contributed by atoms with E-state index in [9.17, 15) is 0 Å². The van der Waals surface area contributed by atoms with Crippen molar-refractivity contribution in [2.75, 3.05) is 11.9 Å². The van der Waals surface area contributed by atoms with Gasteiger partial charge in [0.1, 0.15) is 10.7 Å². The molecule has 0 aliphatic rings. The Balaban J connectivity index is 1.90. The number of thiocarbonyl (C=S) groups is 1. The van der Waals surface area contributed by atoms with Crippen LogP contribution in [0.5, 0.6) is 0 Å². The SMILES string of the molecule is NC(=S)c1ccnc(NCCc2ccc(Cl)cc2)n1. The number of nitrogens with two attached hydrogens (primary N) is 1. The highest BCUT2D eigenvalue weighted by Crippen LogP contribution is 2.10. The lowest BCUT2D eigenvalue weighted by atomic mass is 10.1. The van der Waals surface area contributed by atoms with Crippen molar-refractivity contribution in [3.63, 3.8) is 0 Å². The van der Waals surface area contributed by atoms with Crippen molar-refractivity contribution in [2.45, 2.75) is 6.42 Å². The number of aromatic nitrogens is 2. The molecular weight excluding hydrogens is 280 g/mol. The van der Waals surface area contributed by atoms with E-state index in [-0.39, 0.29) is 4.99 Å². The van der Waals surface area contributed by atoms with Crippen LogP contribution in [0.15, 0.2) is 36.5 Å². The maximum atomic E-state index is 5.83. The zero-order chi connectivity index (χ0) is 13.7. The van der Waals surface area contributed by atoms with Crippen molar-refractivity contribution >= 4 is 34.8 Å². The van der Waals surface area contributed by atoms with Crippen molar-refractivity contribution in [1.82, 2.24) is 9.97 Å². The molecule has 0 bridgehead atoms. The Morgan fingerprint density at radius 2 is 2.00 bits per heavy atom. The first-order valence-electron chi connectivity index (χ1n) is 5.76. The summed E-state index contributed by atoms with van der Waals surface area (Å²) in [6, 6.07) is 9.43. The highest BCUT2D eigenvalue weighted by molar-refractivity contribution is 7.80. The van der Waals surface area contributed by atoms with E-state index in [1.165, 1.54) is 5.56 Å². The standard InChI is InChI=1S/C13H13ClN4S/c14-10-3-1-9(2-4-10)5-7-16-13-17-8-6-11(18-13)12(15)19/h1-4,6,8H,5,7H2,(H2,15,19)(H,16,17,18). The molecule has 19 heavy (non-hydrogen) atoms. The minimum atomic E-state index is 0.267. The Kier molecular flexibility index (Phi) is 4.65. The van der Waals surface area contributed by atoms with Crippen LogP contribution < -0.4 is 11.1 Å². The highest BCUT2D eigenvalue weighted by atomic mass is 35.5. The van der Waals surface area contributed by atoms with Crippen LogP contribution >= 0.6 is 23.8 Å². The van der Waals surface area contributed by atoms with Crippen LogP contribution in [0.25, 0.3) is 0 Å². The lowest BCUT2D eigenvalue weighted by molar-refractivity contribution is 0.982. The van der Waals surface area contributed by atoms with Crippen LogP contribution in [0.1, 0.15) is 11.3 Å². The van der Waals surface area contributed by atoms with Crippen LogP contribution in [-0.2, 0) is 6.42 Å². The molecule has 0 saturated heterocycles. The number of nitrogens with zero attached hydrogens (tertiary/aromatic N) is 2. The minimum Gasteiger partial charge on any atom is -0.388 e. The third-order valence-corrected chi connectivity index (χ3v) is 2.98. The molecule has 1 heterocycles. The summed E-state index contributed by atoms with van der Waals surface area (Å²) in [4.78, 5) is 8.58. The molecule has 1 aromatic heterocycles. The molecule has 2 aromatic rings. The fourth-order valence-corrected chi connectivity index (χ4v) is 1.79. The van der Waals surface area contributed by atoms with Gasteiger partial charge in [-0.05, 0) is 30.2 Å². The summed E-state index contributed by atoms with van der Waals surface area (Å²) < 4.78 is 0. The maximum Gasteiger partial charge on any atom is 0.223 e. The zero-order valence-electron chi connectivity index (χ0n) is 10.1. The van der Waals surface area contributed by atoms with Gasteiger partial charge in [0.25, 0.3) is 0 Å². The molecule has 0 amide bonds. The highest BCUT2D eigenvalue weighted by Gasteiger charge is 2.01. The molecule has 0 aliphatic heterocycles. The van der Waals surface area contributed by atoms with Crippen molar-refractivity contribution in [3.8, 4) is 0 Å². The lowest BCUT2D eigenvalue weighted by Gasteiger charge is -2.06. The molecule has 98 valence electrons. The number of halogens is 1. The molecule has 3 N–H and O–H groups in total. The molecule has 0 spiro atoms. The number of hydrogen-bond acceptors (Lipinski definition) is 4. The average Bonchev–Trinajstić information content (AvgIpc) is 2.41. The molecule has 0 saturated carbocycles. The zero-order valence-corrected chi connectivity index (χ0v) is 11.7. The number of nitrogens with one attached hydrogen (secondary N) is 1. The van der Waals surface area contributed by atoms with Gasteiger partial charge < -0.3 is 11.1 Å². The first-order chi connectivity index (χ1) is 9.15. The van der Waals surface area contributed by atoms with Gasteiger partial charge in [0, 0.05) is 17.8 Å². The number of rotatable bonds is 5. The summed E-state index contributed by atoms with van der Waals surface area (Å²) >= 11 is 10.7. The van der Waals surface area contributed by atoms with E-state index in [2.05, 4.69) is 15.3 Å². The van der Waals surface area contributed by atoms with Crippen molar-refractivity contribution in [3.05, 3.63) is 52.8 Å². The summed E-state index contributed by atoms with van der Waals surface area (Å²) in [6.07, 6.45) is 2.49. The van der Waals surface area contributed by atoms with E-state index in [1.807, 2.05) is 24.3 Å². The summed E-state index contributed by atoms with van der Waals surface area (Å²) in [5.41, 5.74) is 7.28. The second-order valence-electron chi connectivity index (χ2n) is 3.93. The molecule has 0 fully saturated rings. The van der Waals surface area contributed by atoms with Crippen LogP contribution in [0, 0.1) is 0 Å². The summed E-state index contributed by atoms with van der Waals surface area (Å²) in [5, 5.41) is 3.87. The Labute approximate surface area is 122 Å². The third-order valence-electron chi connectivity index (χ3n) is 2.52. The minimum absolute atomic E-state index is 0.267. The average molecular weight is 293 g/mol. The lowest BCUT2D eigenvalue weighted by Crippen LogP contribution is -2.14. The Bertz CT molecular complexity index is 571. The van der Waals surface area contributed by atoms with Gasteiger partial charge in [-0.2, -0.15) is 0 Å². The van der Waals surface area contributed by atoms with Crippen LogP contribution in [0.4, 0.5) is 5.95 Å². The van der Waals surface area contributed by atoms with Gasteiger partial charge in [-0.15, -0.1) is 0 Å². The fourth-order valence-electron chi connectivity index (χ4n) is 1.55. The van der Waals surface area contributed by atoms with Gasteiger partial charge in [0.15, 0.2) is 0 Å². The predicted octanol–water partition coefficient (Wildman–Crippen LogP) is 2.42. The Morgan fingerprint density at radius 3 is 2.68 bits per heavy atom. The molecule has 2 rings (SSSR count). The van der Waals surface area contributed by atoms with Crippen molar-refractivity contribution in [2.24, 2.45) is 5.73 Å². The smallest absolute Gasteiger partial charge is 0.223 e. The van der Waals surface area contributed by atoms with Gasteiger partial charge in [-0.3, -0.25) is 0 Å². The fraction of sp³-hybridized carbons (Fsp3) is 0.154. The number of anilines is 1. The van der Waals surface area contributed by atoms with Crippen LogP contribution in [0.3, 0.4) is 0 Å². The van der Waals surface area contributed by atoms with Gasteiger partial charge in [-0.25, -0.2) is 9.97 Å². The molecule has 4 nitrogen and oxygen atoms in total. The molecule has 1 aromatic carbocycles. The summed E-state index contributed by atoms with van der Waals surface area (Å²) in [6.45, 7) is 0.725. The van der Waals surface area contributed by atoms with Crippen molar-refractivity contribution in [1.29, 1.82) is 0 Å². The largest absolute Gasteiger partial charge is 0.388 e. The van der Waals surface area contributed by atoms with E-state index in [0.29, 0.717) is 11.6 Å². The van der Waals surface area contributed by atoms with E-state index in [1.54, 1.807) is 12.3 Å². The molecule has 6 heteroatoms. The van der Waals surface area contributed by atoms with E-state index in [4.69, 9.17) is 29.6 Å². The van der Waals surface area contributed by atoms with E-state index >= 15 is 0 Å². The van der Waals surface area contributed by atoms with E-state index in [0.717, 1.165) is 18.0 Å². The molecule has 0 aliphatic carbocycles. The quantitative estimate of drug-likeness (QED) is 0.829. The normalized spacial score (nSPS) is 10.2. The van der Waals surface area contributed by atoms with Gasteiger partial charge in [-0.1, -0.05) is 36.0 Å². The second kappa shape index (κ2) is 6.45. The van der Waals surface area contributed by atoms with Gasteiger partial charge >= 0.3 is 0 Å². The monoisotopic (exact) mass is 292 g/mol. The summed E-state index contributed by atoms with van der Waals surface area (Å²) in [5.74, 6) is 0.527. The molecule has 0 radical (unpaired) electrons. The van der Waals surface area contributed by atoms with E-state index < -0.39 is 0 Å². The van der Waals surface area contributed by atoms with Gasteiger partial charge in [0.05, 0.1) is 0 Å². The van der Waals surface area contributed by atoms with Crippen LogP contribution in [0.2, 0.25) is 5.02 Å². The number of benzene rings is 1. The maximum absolute atomic E-state index is 5.83. The molecular formula is C13H13ClN4S. The Morgan fingerprint density at radius 1 is 1.26 bits per heavy atom. The first-order valence-corrected chi connectivity index (χ1v) is 6.55. The summed E-state index contributed by atoms with van der Waals surface area (Å²) in [7, 11) is 0. The molecule has 0 atom stereocenters. The van der Waals surface area contributed by atoms with Gasteiger partial charge in [0.2, 0.25) is 5.95 Å². The predicted molar refractivity (Wildman–Crippen MR) is 81.6 cm³/mol. The third kappa shape index (κ3) is 4.15. The topological polar surface area (TPSA) is 63.8 Å². The van der Waals surface area contributed by atoms with Crippen molar-refractivity contribution < 1.29 is 0 Å². The first kappa shape index (κ1) is 13.7. The van der Waals surface area contributed by atoms with Crippen LogP contribution in [-0.4, -0.2) is 21.5 Å². The number of hydrogen-bond donors (Lipinski definition) is 2.